The highest BCUT2D eigenvalue weighted by Crippen LogP contribution is 2.38. The third-order valence-corrected chi connectivity index (χ3v) is 4.51. The number of ether oxygens (including phenoxy) is 2. The fourth-order valence-electron chi connectivity index (χ4n) is 3.17. The Morgan fingerprint density at radius 3 is 2.76 bits per heavy atom. The quantitative estimate of drug-likeness (QED) is 0.686. The van der Waals surface area contributed by atoms with Crippen molar-refractivity contribution in [3.63, 3.8) is 0 Å². The molecule has 2 aromatic carbocycles. The van der Waals surface area contributed by atoms with Gasteiger partial charge in [-0.1, -0.05) is 36.4 Å². The smallest absolute Gasteiger partial charge is 0.304 e. The number of aryl methyl sites for hydroxylation is 1. The highest BCUT2D eigenvalue weighted by molar-refractivity contribution is 5.68. The van der Waals surface area contributed by atoms with Gasteiger partial charge in [0.05, 0.1) is 19.6 Å². The van der Waals surface area contributed by atoms with Gasteiger partial charge in [0, 0.05) is 17.5 Å². The van der Waals surface area contributed by atoms with E-state index in [0.29, 0.717) is 13.2 Å². The second kappa shape index (κ2) is 8.56. The molecule has 1 heterocycles. The molecule has 0 saturated heterocycles. The Kier molecular flexibility index (Phi) is 5.94. The minimum atomic E-state index is -0.794. The summed E-state index contributed by atoms with van der Waals surface area (Å²) < 4.78 is 11.4. The van der Waals surface area contributed by atoms with Crippen molar-refractivity contribution in [2.24, 2.45) is 0 Å². The van der Waals surface area contributed by atoms with Gasteiger partial charge in [0.1, 0.15) is 11.5 Å². The maximum absolute atomic E-state index is 10.9. The Morgan fingerprint density at radius 1 is 1.12 bits per heavy atom. The fraction of sp³-hybridized carbons (Fsp3) is 0.381. The van der Waals surface area contributed by atoms with Gasteiger partial charge in [-0.25, -0.2) is 0 Å². The topological polar surface area (TPSA) is 55.8 Å². The first-order valence-corrected chi connectivity index (χ1v) is 8.87. The van der Waals surface area contributed by atoms with E-state index in [4.69, 9.17) is 14.6 Å². The third kappa shape index (κ3) is 4.99. The molecule has 4 nitrogen and oxygen atoms in total. The summed E-state index contributed by atoms with van der Waals surface area (Å²) in [6.45, 7) is 1.12. The lowest BCUT2D eigenvalue weighted by atomic mass is 9.98. The van der Waals surface area contributed by atoms with Crippen LogP contribution in [0.2, 0.25) is 0 Å². The minimum Gasteiger partial charge on any atom is -0.493 e. The summed E-state index contributed by atoms with van der Waals surface area (Å²) >= 11 is 0. The van der Waals surface area contributed by atoms with Crippen molar-refractivity contribution in [2.75, 3.05) is 13.2 Å². The Labute approximate surface area is 148 Å². The molecule has 1 aliphatic rings. The summed E-state index contributed by atoms with van der Waals surface area (Å²) in [5.74, 6) is 0.697. The summed E-state index contributed by atoms with van der Waals surface area (Å²) in [5.41, 5.74) is 2.35. The number of unbranched alkanes of at least 4 members (excludes halogenated alkanes) is 2. The number of hydrogen-bond donors (Lipinski definition) is 1. The predicted molar refractivity (Wildman–Crippen MR) is 96.4 cm³/mol. The molecular weight excluding hydrogens is 316 g/mol. The van der Waals surface area contributed by atoms with Crippen molar-refractivity contribution in [3.05, 3.63) is 59.7 Å². The van der Waals surface area contributed by atoms with E-state index in [9.17, 15) is 4.79 Å². The Morgan fingerprint density at radius 2 is 1.96 bits per heavy atom. The number of aliphatic carboxylic acids is 1. The Hall–Kier alpha value is -2.49. The van der Waals surface area contributed by atoms with Gasteiger partial charge in [0.15, 0.2) is 0 Å². The second-order valence-corrected chi connectivity index (χ2v) is 6.45. The van der Waals surface area contributed by atoms with E-state index < -0.39 is 5.97 Å². The number of carbonyl (C=O) groups is 1. The number of fused-ring (bicyclic) bond motifs is 1. The van der Waals surface area contributed by atoms with E-state index in [2.05, 4.69) is 24.3 Å². The van der Waals surface area contributed by atoms with Crippen LogP contribution in [0.1, 0.15) is 42.7 Å². The normalized spacial score (nSPS) is 15.4. The van der Waals surface area contributed by atoms with Gasteiger partial charge in [-0.15, -0.1) is 0 Å². The van der Waals surface area contributed by atoms with Crippen LogP contribution in [-0.2, 0) is 11.2 Å². The summed E-state index contributed by atoms with van der Waals surface area (Å²) in [5, 5.41) is 8.93. The van der Waals surface area contributed by atoms with Crippen molar-refractivity contribution in [3.8, 4) is 11.5 Å². The first kappa shape index (κ1) is 17.3. The molecule has 1 aliphatic heterocycles. The molecular formula is C21H24O4. The summed E-state index contributed by atoms with van der Waals surface area (Å²) in [6, 6.07) is 16.2. The molecule has 0 aliphatic carbocycles. The van der Waals surface area contributed by atoms with Gasteiger partial charge in [-0.2, -0.15) is 0 Å². The average Bonchev–Trinajstić information content (AvgIpc) is 3.00. The molecule has 132 valence electrons. The molecule has 0 bridgehead atoms. The van der Waals surface area contributed by atoms with Crippen molar-refractivity contribution in [1.82, 2.24) is 0 Å². The summed E-state index contributed by atoms with van der Waals surface area (Å²) in [6.07, 6.45) is 4.54. The summed E-state index contributed by atoms with van der Waals surface area (Å²) in [4.78, 5) is 10.9. The van der Waals surface area contributed by atoms with Crippen LogP contribution in [0.5, 0.6) is 11.5 Å². The van der Waals surface area contributed by atoms with Crippen LogP contribution in [0.4, 0.5) is 0 Å². The molecule has 3 rings (SSSR count). The Balaban J connectivity index is 1.39. The predicted octanol–water partition coefficient (Wildman–Crippen LogP) is 4.43. The van der Waals surface area contributed by atoms with Crippen molar-refractivity contribution in [1.29, 1.82) is 0 Å². The number of benzene rings is 2. The van der Waals surface area contributed by atoms with E-state index in [1.165, 1.54) is 5.56 Å². The SMILES string of the molecule is O=C(O)CC1COc2cc(OCCCCCc3ccccc3)ccc21. The monoisotopic (exact) mass is 340 g/mol. The highest BCUT2D eigenvalue weighted by Gasteiger charge is 2.26. The molecule has 2 aromatic rings. The van der Waals surface area contributed by atoms with Crippen LogP contribution >= 0.6 is 0 Å². The third-order valence-electron chi connectivity index (χ3n) is 4.51. The summed E-state index contributed by atoms with van der Waals surface area (Å²) in [7, 11) is 0. The van der Waals surface area contributed by atoms with Crippen LogP contribution in [0.15, 0.2) is 48.5 Å². The van der Waals surface area contributed by atoms with Gasteiger partial charge >= 0.3 is 5.97 Å². The Bertz CT molecular complexity index is 696. The maximum atomic E-state index is 10.9. The zero-order valence-corrected chi connectivity index (χ0v) is 14.3. The van der Waals surface area contributed by atoms with Crippen LogP contribution in [-0.4, -0.2) is 24.3 Å². The van der Waals surface area contributed by atoms with Crippen LogP contribution < -0.4 is 9.47 Å². The molecule has 25 heavy (non-hydrogen) atoms. The number of carboxylic acid groups (broad SMARTS) is 1. The lowest BCUT2D eigenvalue weighted by Gasteiger charge is -2.09. The van der Waals surface area contributed by atoms with Crippen LogP contribution in [0.25, 0.3) is 0 Å². The molecule has 0 amide bonds. The first-order valence-electron chi connectivity index (χ1n) is 8.87. The standard InChI is InChI=1S/C21H24O4/c22-21(23)13-17-15-25-20-14-18(10-11-19(17)20)24-12-6-2-5-9-16-7-3-1-4-8-16/h1,3-4,7-8,10-11,14,17H,2,5-6,9,12-13,15H2,(H,22,23). The molecule has 0 fully saturated rings. The molecule has 1 unspecified atom stereocenters. The largest absolute Gasteiger partial charge is 0.493 e. The van der Waals surface area contributed by atoms with E-state index in [-0.39, 0.29) is 12.3 Å². The van der Waals surface area contributed by atoms with E-state index in [1.807, 2.05) is 24.3 Å². The zero-order chi connectivity index (χ0) is 17.5. The fourth-order valence-corrected chi connectivity index (χ4v) is 3.17. The minimum absolute atomic E-state index is 0.0560. The molecule has 0 aromatic heterocycles. The van der Waals surface area contributed by atoms with Crippen molar-refractivity contribution >= 4 is 5.97 Å². The lowest BCUT2D eigenvalue weighted by molar-refractivity contribution is -0.137. The maximum Gasteiger partial charge on any atom is 0.304 e. The van der Waals surface area contributed by atoms with Gasteiger partial charge < -0.3 is 14.6 Å². The zero-order valence-electron chi connectivity index (χ0n) is 14.3. The first-order chi connectivity index (χ1) is 12.2. The van der Waals surface area contributed by atoms with Gasteiger partial charge in [0.2, 0.25) is 0 Å². The van der Waals surface area contributed by atoms with Gasteiger partial charge in [0.25, 0.3) is 0 Å². The average molecular weight is 340 g/mol. The molecule has 0 saturated carbocycles. The van der Waals surface area contributed by atoms with Gasteiger partial charge in [-0.3, -0.25) is 4.79 Å². The second-order valence-electron chi connectivity index (χ2n) is 6.45. The number of rotatable bonds is 9. The molecule has 0 radical (unpaired) electrons. The number of hydrogen-bond acceptors (Lipinski definition) is 3. The van der Waals surface area contributed by atoms with E-state index in [0.717, 1.165) is 42.7 Å². The van der Waals surface area contributed by atoms with Crippen molar-refractivity contribution in [2.45, 2.75) is 38.0 Å². The number of carboxylic acids is 1. The lowest BCUT2D eigenvalue weighted by Crippen LogP contribution is -2.07. The van der Waals surface area contributed by atoms with Crippen LogP contribution in [0.3, 0.4) is 0 Å². The molecule has 0 spiro atoms. The molecule has 1 N–H and O–H groups in total. The van der Waals surface area contributed by atoms with Gasteiger partial charge in [-0.05, 0) is 37.3 Å². The van der Waals surface area contributed by atoms with E-state index >= 15 is 0 Å². The van der Waals surface area contributed by atoms with E-state index in [1.54, 1.807) is 0 Å². The molecule has 1 atom stereocenters. The van der Waals surface area contributed by atoms with Crippen molar-refractivity contribution < 1.29 is 19.4 Å². The van der Waals surface area contributed by atoms with Crippen LogP contribution in [0, 0.1) is 0 Å². The molecule has 4 heteroatoms. The highest BCUT2D eigenvalue weighted by atomic mass is 16.5.